The smallest absolute Gasteiger partial charge is 0.249 e. The van der Waals surface area contributed by atoms with E-state index in [4.69, 9.17) is 4.74 Å². The number of hydrogen-bond acceptors (Lipinski definition) is 2. The van der Waals surface area contributed by atoms with Crippen molar-refractivity contribution in [3.63, 3.8) is 0 Å². The maximum absolute atomic E-state index is 11.6. The van der Waals surface area contributed by atoms with E-state index in [-0.39, 0.29) is 18.2 Å². The highest BCUT2D eigenvalue weighted by Gasteiger charge is 2.39. The second-order valence-electron chi connectivity index (χ2n) is 3.77. The Kier molecular flexibility index (Phi) is 1.86. The minimum atomic E-state index is -0.210. The summed E-state index contributed by atoms with van der Waals surface area (Å²) in [5, 5.41) is 0. The molecule has 0 radical (unpaired) electrons. The number of rotatable bonds is 1. The molecule has 0 aliphatic carbocycles. The van der Waals surface area contributed by atoms with Crippen LogP contribution in [0.5, 0.6) is 0 Å². The van der Waals surface area contributed by atoms with E-state index in [0.29, 0.717) is 6.61 Å². The van der Waals surface area contributed by atoms with Crippen molar-refractivity contribution in [1.29, 1.82) is 0 Å². The van der Waals surface area contributed by atoms with Crippen molar-refractivity contribution in [2.24, 2.45) is 0 Å². The van der Waals surface area contributed by atoms with Crippen molar-refractivity contribution in [1.82, 2.24) is 4.90 Å². The fraction of sp³-hybridized carbons (Fsp3) is 0.250. The highest BCUT2D eigenvalue weighted by molar-refractivity contribution is 5.91. The maximum atomic E-state index is 11.6. The lowest BCUT2D eigenvalue weighted by Crippen LogP contribution is -2.31. The van der Waals surface area contributed by atoms with Crippen LogP contribution in [0.15, 0.2) is 42.5 Å². The summed E-state index contributed by atoms with van der Waals surface area (Å²) in [5.74, 6) is 0.0475. The molecule has 1 aromatic rings. The van der Waals surface area contributed by atoms with E-state index in [1.54, 1.807) is 11.0 Å². The van der Waals surface area contributed by atoms with Crippen molar-refractivity contribution < 1.29 is 9.53 Å². The van der Waals surface area contributed by atoms with E-state index in [2.05, 4.69) is 0 Å². The number of benzene rings is 1. The molecule has 0 N–H and O–H groups in total. The van der Waals surface area contributed by atoms with Crippen LogP contribution >= 0.6 is 0 Å². The van der Waals surface area contributed by atoms with Crippen molar-refractivity contribution in [3.05, 3.63) is 48.0 Å². The zero-order valence-corrected chi connectivity index (χ0v) is 8.17. The Morgan fingerprint density at radius 2 is 2.07 bits per heavy atom. The summed E-state index contributed by atoms with van der Waals surface area (Å²) in [6, 6.07) is 9.97. The zero-order valence-electron chi connectivity index (χ0n) is 8.17. The molecule has 3 rings (SSSR count). The molecular weight excluding hydrogens is 190 g/mol. The van der Waals surface area contributed by atoms with Crippen LogP contribution in [0, 0.1) is 0 Å². The van der Waals surface area contributed by atoms with E-state index < -0.39 is 0 Å². The van der Waals surface area contributed by atoms with Crippen LogP contribution in [0.4, 0.5) is 0 Å². The standard InChI is InChI=1S/C12H11NO2/c14-11-7-6-10-8-15-12(13(10)11)9-4-2-1-3-5-9/h1-7,10,12H,8H2/t10?,12-/m0/s1. The summed E-state index contributed by atoms with van der Waals surface area (Å²) in [4.78, 5) is 13.4. The summed E-state index contributed by atoms with van der Waals surface area (Å²) in [6.07, 6.45) is 3.33. The van der Waals surface area contributed by atoms with Crippen molar-refractivity contribution in [2.75, 3.05) is 6.61 Å². The Morgan fingerprint density at radius 3 is 2.87 bits per heavy atom. The Hall–Kier alpha value is -1.61. The highest BCUT2D eigenvalue weighted by atomic mass is 16.5. The molecule has 0 saturated carbocycles. The molecule has 1 unspecified atom stereocenters. The van der Waals surface area contributed by atoms with Crippen LogP contribution < -0.4 is 0 Å². The number of nitrogens with zero attached hydrogens (tertiary/aromatic N) is 1. The normalized spacial score (nSPS) is 28.5. The van der Waals surface area contributed by atoms with Crippen LogP contribution in [0.3, 0.4) is 0 Å². The molecule has 1 amide bonds. The second kappa shape index (κ2) is 3.21. The predicted octanol–water partition coefficient (Wildman–Crippen LogP) is 1.48. The Labute approximate surface area is 88.0 Å². The molecule has 0 bridgehead atoms. The molecule has 2 heterocycles. The van der Waals surface area contributed by atoms with Crippen molar-refractivity contribution in [2.45, 2.75) is 12.3 Å². The van der Waals surface area contributed by atoms with Gasteiger partial charge in [-0.3, -0.25) is 4.79 Å². The Bertz CT molecular complexity index is 413. The number of carbonyl (C=O) groups is 1. The van der Waals surface area contributed by atoms with Crippen LogP contribution in [-0.4, -0.2) is 23.5 Å². The molecule has 2 aliphatic heterocycles. The minimum Gasteiger partial charge on any atom is -0.351 e. The predicted molar refractivity (Wildman–Crippen MR) is 54.9 cm³/mol. The molecule has 15 heavy (non-hydrogen) atoms. The lowest BCUT2D eigenvalue weighted by molar-refractivity contribution is -0.130. The largest absolute Gasteiger partial charge is 0.351 e. The summed E-state index contributed by atoms with van der Waals surface area (Å²) in [5.41, 5.74) is 1.04. The second-order valence-corrected chi connectivity index (χ2v) is 3.77. The lowest BCUT2D eigenvalue weighted by Gasteiger charge is -2.22. The fourth-order valence-corrected chi connectivity index (χ4v) is 2.11. The van der Waals surface area contributed by atoms with Gasteiger partial charge in [0.05, 0.1) is 12.6 Å². The van der Waals surface area contributed by atoms with E-state index >= 15 is 0 Å². The van der Waals surface area contributed by atoms with E-state index in [9.17, 15) is 4.79 Å². The molecule has 1 fully saturated rings. The zero-order chi connectivity index (χ0) is 10.3. The number of carbonyl (C=O) groups excluding carboxylic acids is 1. The maximum Gasteiger partial charge on any atom is 0.249 e. The third-order valence-electron chi connectivity index (χ3n) is 2.83. The van der Waals surface area contributed by atoms with Crippen LogP contribution in [0.25, 0.3) is 0 Å². The van der Waals surface area contributed by atoms with Gasteiger partial charge in [-0.2, -0.15) is 0 Å². The van der Waals surface area contributed by atoms with Gasteiger partial charge in [0.15, 0.2) is 6.23 Å². The third kappa shape index (κ3) is 1.27. The van der Waals surface area contributed by atoms with Gasteiger partial charge in [0.25, 0.3) is 0 Å². The minimum absolute atomic E-state index is 0.0475. The molecule has 3 heteroatoms. The first-order chi connectivity index (χ1) is 7.36. The first-order valence-electron chi connectivity index (χ1n) is 5.03. The van der Waals surface area contributed by atoms with Crippen molar-refractivity contribution in [3.8, 4) is 0 Å². The molecule has 1 saturated heterocycles. The average Bonchev–Trinajstić information content (AvgIpc) is 2.84. The number of ether oxygens (including phenoxy) is 1. The summed E-state index contributed by atoms with van der Waals surface area (Å²) < 4.78 is 5.63. The van der Waals surface area contributed by atoms with Crippen LogP contribution in [0.1, 0.15) is 11.8 Å². The summed E-state index contributed by atoms with van der Waals surface area (Å²) >= 11 is 0. The number of fused-ring (bicyclic) bond motifs is 1. The van der Waals surface area contributed by atoms with Gasteiger partial charge in [0.1, 0.15) is 0 Å². The average molecular weight is 201 g/mol. The SMILES string of the molecule is O=C1C=CC2CO[C@@H](c3ccccc3)N12. The Morgan fingerprint density at radius 1 is 1.27 bits per heavy atom. The number of hydrogen-bond donors (Lipinski definition) is 0. The van der Waals surface area contributed by atoms with E-state index in [1.165, 1.54) is 0 Å². The molecule has 0 spiro atoms. The van der Waals surface area contributed by atoms with Crippen LogP contribution in [0.2, 0.25) is 0 Å². The first kappa shape index (κ1) is 8.68. The van der Waals surface area contributed by atoms with E-state index in [0.717, 1.165) is 5.56 Å². The van der Waals surface area contributed by atoms with Gasteiger partial charge in [0, 0.05) is 11.6 Å². The van der Waals surface area contributed by atoms with Gasteiger partial charge >= 0.3 is 0 Å². The molecule has 3 nitrogen and oxygen atoms in total. The van der Waals surface area contributed by atoms with Gasteiger partial charge in [-0.25, -0.2) is 0 Å². The molecular formula is C12H11NO2. The highest BCUT2D eigenvalue weighted by Crippen LogP contribution is 2.33. The summed E-state index contributed by atoms with van der Waals surface area (Å²) in [7, 11) is 0. The van der Waals surface area contributed by atoms with E-state index in [1.807, 2.05) is 36.4 Å². The lowest BCUT2D eigenvalue weighted by atomic mass is 10.2. The fourth-order valence-electron chi connectivity index (χ4n) is 2.11. The molecule has 1 aromatic carbocycles. The van der Waals surface area contributed by atoms with Crippen LogP contribution in [-0.2, 0) is 9.53 Å². The molecule has 76 valence electrons. The quantitative estimate of drug-likeness (QED) is 0.688. The summed E-state index contributed by atoms with van der Waals surface area (Å²) in [6.45, 7) is 0.599. The van der Waals surface area contributed by atoms with Gasteiger partial charge in [0.2, 0.25) is 5.91 Å². The van der Waals surface area contributed by atoms with Gasteiger partial charge in [-0.05, 0) is 0 Å². The monoisotopic (exact) mass is 201 g/mol. The molecule has 2 atom stereocenters. The van der Waals surface area contributed by atoms with Crippen molar-refractivity contribution >= 4 is 5.91 Å². The van der Waals surface area contributed by atoms with Gasteiger partial charge < -0.3 is 9.64 Å². The van der Waals surface area contributed by atoms with Gasteiger partial charge in [-0.1, -0.05) is 36.4 Å². The van der Waals surface area contributed by atoms with Gasteiger partial charge in [-0.15, -0.1) is 0 Å². The topological polar surface area (TPSA) is 29.5 Å². The first-order valence-corrected chi connectivity index (χ1v) is 5.03. The Balaban J connectivity index is 1.93. The molecule has 2 aliphatic rings. The third-order valence-corrected chi connectivity index (χ3v) is 2.83. The molecule has 0 aromatic heterocycles. The number of amides is 1.